The summed E-state index contributed by atoms with van der Waals surface area (Å²) in [5.41, 5.74) is 1.31. The summed E-state index contributed by atoms with van der Waals surface area (Å²) in [6.45, 7) is 0.527. The van der Waals surface area contributed by atoms with Gasteiger partial charge in [0.2, 0.25) is 0 Å². The van der Waals surface area contributed by atoms with Crippen LogP contribution in [-0.2, 0) is 6.18 Å². The van der Waals surface area contributed by atoms with Gasteiger partial charge in [-0.05, 0) is 42.3 Å². The van der Waals surface area contributed by atoms with Crippen LogP contribution in [0.2, 0.25) is 0 Å². The van der Waals surface area contributed by atoms with Crippen molar-refractivity contribution in [3.63, 3.8) is 0 Å². The molecular weight excluding hydrogens is 372 g/mol. The SMILES string of the molecule is O=C(c1ccccc1C(F)(F)F)N1CC=C(c2c[nH]c3cc(F)ccc23)CC1. The molecule has 0 unspecified atom stereocenters. The van der Waals surface area contributed by atoms with Crippen molar-refractivity contribution >= 4 is 22.4 Å². The van der Waals surface area contributed by atoms with Crippen LogP contribution in [0.5, 0.6) is 0 Å². The number of nitrogens with zero attached hydrogens (tertiary/aromatic N) is 1. The second kappa shape index (κ2) is 6.82. The summed E-state index contributed by atoms with van der Waals surface area (Å²) in [6.07, 6.45) is -0.456. The van der Waals surface area contributed by atoms with E-state index in [-0.39, 0.29) is 17.9 Å². The Morgan fingerprint density at radius 1 is 1.11 bits per heavy atom. The van der Waals surface area contributed by atoms with Gasteiger partial charge in [0, 0.05) is 35.8 Å². The molecule has 1 aliphatic heterocycles. The van der Waals surface area contributed by atoms with Crippen LogP contribution in [0.3, 0.4) is 0 Å². The number of aromatic nitrogens is 1. The van der Waals surface area contributed by atoms with Crippen molar-refractivity contribution in [2.75, 3.05) is 13.1 Å². The van der Waals surface area contributed by atoms with E-state index in [0.717, 1.165) is 22.6 Å². The number of alkyl halides is 3. The molecule has 3 aromatic rings. The van der Waals surface area contributed by atoms with E-state index in [9.17, 15) is 22.4 Å². The lowest BCUT2D eigenvalue weighted by atomic mass is 9.98. The number of nitrogens with one attached hydrogen (secondary N) is 1. The molecule has 1 N–H and O–H groups in total. The molecule has 4 rings (SSSR count). The van der Waals surface area contributed by atoms with Crippen LogP contribution in [0, 0.1) is 5.82 Å². The van der Waals surface area contributed by atoms with Crippen molar-refractivity contribution in [2.24, 2.45) is 0 Å². The van der Waals surface area contributed by atoms with Gasteiger partial charge >= 0.3 is 6.18 Å². The van der Waals surface area contributed by atoms with Crippen molar-refractivity contribution in [3.05, 3.63) is 77.2 Å². The minimum absolute atomic E-state index is 0.216. The first-order valence-corrected chi connectivity index (χ1v) is 8.76. The number of aromatic amines is 1. The molecule has 7 heteroatoms. The van der Waals surface area contributed by atoms with E-state index in [1.807, 2.05) is 6.08 Å². The van der Waals surface area contributed by atoms with Crippen molar-refractivity contribution in [1.29, 1.82) is 0 Å². The van der Waals surface area contributed by atoms with E-state index >= 15 is 0 Å². The summed E-state index contributed by atoms with van der Waals surface area (Å²) in [5.74, 6) is -0.970. The Morgan fingerprint density at radius 3 is 2.61 bits per heavy atom. The van der Waals surface area contributed by atoms with Gasteiger partial charge < -0.3 is 9.88 Å². The quantitative estimate of drug-likeness (QED) is 0.598. The number of carbonyl (C=O) groups is 1. The van der Waals surface area contributed by atoms with Gasteiger partial charge in [-0.3, -0.25) is 4.79 Å². The van der Waals surface area contributed by atoms with Crippen molar-refractivity contribution in [2.45, 2.75) is 12.6 Å². The molecule has 0 fully saturated rings. The van der Waals surface area contributed by atoms with Gasteiger partial charge in [0.25, 0.3) is 5.91 Å². The Labute approximate surface area is 158 Å². The van der Waals surface area contributed by atoms with E-state index in [1.165, 1.54) is 35.2 Å². The van der Waals surface area contributed by atoms with Gasteiger partial charge in [-0.1, -0.05) is 18.2 Å². The Balaban J connectivity index is 1.58. The van der Waals surface area contributed by atoms with Gasteiger partial charge in [-0.2, -0.15) is 13.2 Å². The van der Waals surface area contributed by atoms with Crippen molar-refractivity contribution < 1.29 is 22.4 Å². The highest BCUT2D eigenvalue weighted by atomic mass is 19.4. The first-order chi connectivity index (χ1) is 13.3. The normalized spacial score (nSPS) is 15.0. The zero-order valence-electron chi connectivity index (χ0n) is 14.7. The molecule has 0 radical (unpaired) electrons. The fourth-order valence-corrected chi connectivity index (χ4v) is 3.55. The lowest BCUT2D eigenvalue weighted by Crippen LogP contribution is -2.35. The maximum absolute atomic E-state index is 13.3. The lowest BCUT2D eigenvalue weighted by molar-refractivity contribution is -0.138. The third-order valence-electron chi connectivity index (χ3n) is 4.95. The summed E-state index contributed by atoms with van der Waals surface area (Å²) < 4.78 is 52.9. The highest BCUT2D eigenvalue weighted by Gasteiger charge is 2.36. The van der Waals surface area contributed by atoms with Crippen molar-refractivity contribution in [1.82, 2.24) is 9.88 Å². The average Bonchev–Trinajstić information content (AvgIpc) is 3.10. The van der Waals surface area contributed by atoms with E-state index in [4.69, 9.17) is 0 Å². The van der Waals surface area contributed by atoms with E-state index in [2.05, 4.69) is 4.98 Å². The maximum atomic E-state index is 13.3. The first-order valence-electron chi connectivity index (χ1n) is 8.76. The molecule has 28 heavy (non-hydrogen) atoms. The number of benzene rings is 2. The molecule has 0 saturated carbocycles. The van der Waals surface area contributed by atoms with E-state index in [1.54, 1.807) is 12.3 Å². The largest absolute Gasteiger partial charge is 0.417 e. The Hall–Kier alpha value is -3.09. The monoisotopic (exact) mass is 388 g/mol. The molecule has 0 bridgehead atoms. The number of H-pyrrole nitrogens is 1. The van der Waals surface area contributed by atoms with Crippen LogP contribution in [0.1, 0.15) is 27.9 Å². The second-order valence-corrected chi connectivity index (χ2v) is 6.67. The van der Waals surface area contributed by atoms with Gasteiger partial charge in [-0.25, -0.2) is 4.39 Å². The molecule has 1 aromatic heterocycles. The fraction of sp³-hybridized carbons (Fsp3) is 0.190. The van der Waals surface area contributed by atoms with Crippen LogP contribution < -0.4 is 0 Å². The molecule has 2 heterocycles. The summed E-state index contributed by atoms with van der Waals surface area (Å²) in [6, 6.07) is 9.31. The number of fused-ring (bicyclic) bond motifs is 1. The molecule has 2 aromatic carbocycles. The molecule has 0 atom stereocenters. The zero-order valence-corrected chi connectivity index (χ0v) is 14.7. The molecular formula is C21H16F4N2O. The maximum Gasteiger partial charge on any atom is 0.417 e. The number of rotatable bonds is 2. The molecule has 144 valence electrons. The van der Waals surface area contributed by atoms with Gasteiger partial charge in [0.15, 0.2) is 0 Å². The topological polar surface area (TPSA) is 36.1 Å². The highest BCUT2D eigenvalue weighted by molar-refractivity contribution is 5.97. The smallest absolute Gasteiger partial charge is 0.360 e. The minimum atomic E-state index is -4.58. The first kappa shape index (κ1) is 18.3. The molecule has 0 spiro atoms. The average molecular weight is 388 g/mol. The standard InChI is InChI=1S/C21H16F4N2O/c22-14-5-6-15-17(12-26-19(15)11-14)13-7-9-27(10-8-13)20(28)16-3-1-2-4-18(16)21(23,24)25/h1-7,11-12,26H,8-10H2. The Kier molecular flexibility index (Phi) is 4.45. The summed E-state index contributed by atoms with van der Waals surface area (Å²) >= 11 is 0. The second-order valence-electron chi connectivity index (χ2n) is 6.67. The van der Waals surface area contributed by atoms with Crippen molar-refractivity contribution in [3.8, 4) is 0 Å². The molecule has 1 amide bonds. The number of halogens is 4. The predicted octanol–water partition coefficient (Wildman–Crippen LogP) is 5.26. The number of amides is 1. The summed E-state index contributed by atoms with van der Waals surface area (Å²) in [7, 11) is 0. The molecule has 0 saturated heterocycles. The Morgan fingerprint density at radius 2 is 1.89 bits per heavy atom. The van der Waals surface area contributed by atoms with Crippen LogP contribution in [0.15, 0.2) is 54.7 Å². The van der Waals surface area contributed by atoms with Gasteiger partial charge in [-0.15, -0.1) is 0 Å². The van der Waals surface area contributed by atoms with Crippen LogP contribution in [0.25, 0.3) is 16.5 Å². The summed E-state index contributed by atoms with van der Waals surface area (Å²) in [4.78, 5) is 17.1. The van der Waals surface area contributed by atoms with E-state index < -0.39 is 17.6 Å². The third-order valence-corrected chi connectivity index (χ3v) is 4.95. The zero-order chi connectivity index (χ0) is 19.9. The lowest BCUT2D eigenvalue weighted by Gasteiger charge is -2.27. The van der Waals surface area contributed by atoms with Crippen LogP contribution >= 0.6 is 0 Å². The highest BCUT2D eigenvalue weighted by Crippen LogP contribution is 2.34. The van der Waals surface area contributed by atoms with Crippen LogP contribution in [-0.4, -0.2) is 28.9 Å². The Bertz CT molecular complexity index is 1080. The number of hydrogen-bond donors (Lipinski definition) is 1. The summed E-state index contributed by atoms with van der Waals surface area (Å²) in [5, 5.41) is 0.870. The molecule has 1 aliphatic rings. The molecule has 0 aliphatic carbocycles. The van der Waals surface area contributed by atoms with E-state index in [0.29, 0.717) is 18.5 Å². The number of hydrogen-bond acceptors (Lipinski definition) is 1. The molecule has 3 nitrogen and oxygen atoms in total. The predicted molar refractivity (Wildman–Crippen MR) is 98.2 cm³/mol. The minimum Gasteiger partial charge on any atom is -0.360 e. The van der Waals surface area contributed by atoms with Gasteiger partial charge in [0.1, 0.15) is 5.82 Å². The fourth-order valence-electron chi connectivity index (χ4n) is 3.55. The third kappa shape index (κ3) is 3.28. The van der Waals surface area contributed by atoms with Gasteiger partial charge in [0.05, 0.1) is 11.1 Å². The van der Waals surface area contributed by atoms with Crippen LogP contribution in [0.4, 0.5) is 17.6 Å². The number of carbonyl (C=O) groups excluding carboxylic acids is 1.